The Hall–Kier alpha value is -1.59. The van der Waals surface area contributed by atoms with Crippen LogP contribution in [-0.4, -0.2) is 36.1 Å². The number of aliphatic hydroxyl groups is 1. The van der Waals surface area contributed by atoms with Crippen molar-refractivity contribution in [2.24, 2.45) is 11.8 Å². The van der Waals surface area contributed by atoms with Gasteiger partial charge in [0.05, 0.1) is 18.6 Å². The van der Waals surface area contributed by atoms with E-state index in [2.05, 4.69) is 5.32 Å². The molecule has 0 aliphatic carbocycles. The molecular formula is C17H23ClN2O3. The number of benzene rings is 1. The van der Waals surface area contributed by atoms with Gasteiger partial charge < -0.3 is 15.3 Å². The molecule has 1 saturated heterocycles. The van der Waals surface area contributed by atoms with Crippen LogP contribution in [0.4, 0.5) is 5.69 Å². The summed E-state index contributed by atoms with van der Waals surface area (Å²) in [5.41, 5.74) is 0.707. The summed E-state index contributed by atoms with van der Waals surface area (Å²) >= 11 is 5.96. The second-order valence-electron chi connectivity index (χ2n) is 6.07. The molecule has 0 aromatic heterocycles. The summed E-state index contributed by atoms with van der Waals surface area (Å²) in [6.45, 7) is 4.24. The molecule has 0 spiro atoms. The van der Waals surface area contributed by atoms with Gasteiger partial charge >= 0.3 is 0 Å². The van der Waals surface area contributed by atoms with Gasteiger partial charge in [-0.1, -0.05) is 37.9 Å². The molecule has 1 fully saturated rings. The molecule has 2 rings (SSSR count). The molecule has 1 aliphatic heterocycles. The van der Waals surface area contributed by atoms with Crippen LogP contribution in [0.3, 0.4) is 0 Å². The number of carbonyl (C=O) groups excluding carboxylic acids is 2. The lowest BCUT2D eigenvalue weighted by molar-refractivity contribution is -0.127. The molecule has 1 aromatic carbocycles. The molecule has 126 valence electrons. The van der Waals surface area contributed by atoms with Crippen LogP contribution < -0.4 is 10.2 Å². The molecule has 2 N–H and O–H groups in total. The Kier molecular flexibility index (Phi) is 6.02. The lowest BCUT2D eigenvalue weighted by Crippen LogP contribution is -2.45. The van der Waals surface area contributed by atoms with Crippen molar-refractivity contribution in [2.45, 2.75) is 32.7 Å². The van der Waals surface area contributed by atoms with Gasteiger partial charge in [0.2, 0.25) is 11.8 Å². The van der Waals surface area contributed by atoms with Gasteiger partial charge in [0.1, 0.15) is 0 Å². The number of nitrogens with one attached hydrogen (secondary N) is 1. The van der Waals surface area contributed by atoms with Crippen molar-refractivity contribution in [1.82, 2.24) is 5.32 Å². The Bertz CT molecular complexity index is 579. The van der Waals surface area contributed by atoms with Crippen molar-refractivity contribution in [3.8, 4) is 0 Å². The maximum atomic E-state index is 12.4. The third-order valence-corrected chi connectivity index (χ3v) is 4.71. The number of hydrogen-bond donors (Lipinski definition) is 2. The van der Waals surface area contributed by atoms with Gasteiger partial charge in [0.15, 0.2) is 0 Å². The molecule has 0 unspecified atom stereocenters. The van der Waals surface area contributed by atoms with Gasteiger partial charge in [-0.15, -0.1) is 0 Å². The van der Waals surface area contributed by atoms with E-state index in [9.17, 15) is 14.7 Å². The summed E-state index contributed by atoms with van der Waals surface area (Å²) in [4.78, 5) is 26.2. The summed E-state index contributed by atoms with van der Waals surface area (Å²) in [5, 5.41) is 12.9. The third kappa shape index (κ3) is 4.24. The third-order valence-electron chi connectivity index (χ3n) is 4.47. The highest BCUT2D eigenvalue weighted by Gasteiger charge is 2.36. The molecule has 3 atom stereocenters. The number of rotatable bonds is 6. The second kappa shape index (κ2) is 7.79. The molecule has 0 radical (unpaired) electrons. The predicted molar refractivity (Wildman–Crippen MR) is 90.4 cm³/mol. The molecule has 5 nitrogen and oxygen atoms in total. The molecular weight excluding hydrogens is 316 g/mol. The minimum absolute atomic E-state index is 0.0866. The highest BCUT2D eigenvalue weighted by molar-refractivity contribution is 6.30. The topological polar surface area (TPSA) is 69.6 Å². The number of aliphatic hydroxyl groups excluding tert-OH is 1. The quantitative estimate of drug-likeness (QED) is 0.835. The Morgan fingerprint density at radius 2 is 2.26 bits per heavy atom. The van der Waals surface area contributed by atoms with Crippen molar-refractivity contribution >= 4 is 29.1 Å². The number of amides is 2. The van der Waals surface area contributed by atoms with Crippen LogP contribution in [-0.2, 0) is 9.59 Å². The summed E-state index contributed by atoms with van der Waals surface area (Å²) in [7, 11) is 0. The van der Waals surface area contributed by atoms with E-state index < -0.39 is 5.92 Å². The van der Waals surface area contributed by atoms with E-state index >= 15 is 0 Å². The molecule has 6 heteroatoms. The number of carbonyl (C=O) groups is 2. The lowest BCUT2D eigenvalue weighted by atomic mass is 9.98. The van der Waals surface area contributed by atoms with E-state index in [-0.39, 0.29) is 36.8 Å². The van der Waals surface area contributed by atoms with Gasteiger partial charge in [-0.3, -0.25) is 9.59 Å². The average Bonchev–Trinajstić information content (AvgIpc) is 2.93. The smallest absolute Gasteiger partial charge is 0.227 e. The van der Waals surface area contributed by atoms with Crippen LogP contribution >= 0.6 is 11.6 Å². The highest BCUT2D eigenvalue weighted by Crippen LogP contribution is 2.27. The zero-order valence-electron chi connectivity index (χ0n) is 13.5. The van der Waals surface area contributed by atoms with Gasteiger partial charge in [0.25, 0.3) is 0 Å². The van der Waals surface area contributed by atoms with Crippen LogP contribution in [0.5, 0.6) is 0 Å². The zero-order chi connectivity index (χ0) is 17.0. The maximum Gasteiger partial charge on any atom is 0.227 e. The first-order valence-corrected chi connectivity index (χ1v) is 8.31. The molecule has 0 saturated carbocycles. The molecule has 23 heavy (non-hydrogen) atoms. The highest BCUT2D eigenvalue weighted by atomic mass is 35.5. The zero-order valence-corrected chi connectivity index (χ0v) is 14.2. The summed E-state index contributed by atoms with van der Waals surface area (Å²) in [5.74, 6) is -0.483. The largest absolute Gasteiger partial charge is 0.394 e. The van der Waals surface area contributed by atoms with E-state index in [0.29, 0.717) is 17.3 Å². The lowest BCUT2D eigenvalue weighted by Gasteiger charge is -2.24. The minimum Gasteiger partial charge on any atom is -0.394 e. The Morgan fingerprint density at radius 3 is 2.87 bits per heavy atom. The van der Waals surface area contributed by atoms with Gasteiger partial charge in [-0.05, 0) is 24.1 Å². The van der Waals surface area contributed by atoms with Crippen molar-refractivity contribution in [2.75, 3.05) is 18.1 Å². The standard InChI is InChI=1S/C17H23ClN2O3/c1-3-11(2)15(10-21)19-17(23)12-7-16(22)20(9-12)14-6-4-5-13(18)8-14/h4-6,8,11-12,15,21H,3,7,9-10H2,1-2H3,(H,19,23)/t11-,12-,15+/m0/s1. The number of anilines is 1. The second-order valence-corrected chi connectivity index (χ2v) is 6.50. The van der Waals surface area contributed by atoms with Crippen LogP contribution in [0.25, 0.3) is 0 Å². The first-order chi connectivity index (χ1) is 11.0. The minimum atomic E-state index is -0.403. The fourth-order valence-electron chi connectivity index (χ4n) is 2.73. The van der Waals surface area contributed by atoms with Crippen molar-refractivity contribution in [3.05, 3.63) is 29.3 Å². The van der Waals surface area contributed by atoms with Gasteiger partial charge in [-0.2, -0.15) is 0 Å². The predicted octanol–water partition coefficient (Wildman–Crippen LogP) is 2.22. The Balaban J connectivity index is 2.03. The van der Waals surface area contributed by atoms with E-state index in [0.717, 1.165) is 6.42 Å². The normalized spacial score (nSPS) is 20.4. The monoisotopic (exact) mass is 338 g/mol. The fraction of sp³-hybridized carbons (Fsp3) is 0.529. The van der Waals surface area contributed by atoms with Crippen molar-refractivity contribution < 1.29 is 14.7 Å². The maximum absolute atomic E-state index is 12.4. The van der Waals surface area contributed by atoms with Crippen LogP contribution in [0.2, 0.25) is 5.02 Å². The SMILES string of the molecule is CC[C@H](C)[C@@H](CO)NC(=O)[C@H]1CC(=O)N(c2cccc(Cl)c2)C1. The average molecular weight is 339 g/mol. The summed E-state index contributed by atoms with van der Waals surface area (Å²) in [6.07, 6.45) is 1.04. The number of nitrogens with zero attached hydrogens (tertiary/aromatic N) is 1. The Labute approximate surface area is 141 Å². The first kappa shape index (κ1) is 17.8. The van der Waals surface area contributed by atoms with Crippen molar-refractivity contribution in [1.29, 1.82) is 0 Å². The molecule has 1 aromatic rings. The summed E-state index contributed by atoms with van der Waals surface area (Å²) < 4.78 is 0. The van der Waals surface area contributed by atoms with Crippen LogP contribution in [0, 0.1) is 11.8 Å². The first-order valence-electron chi connectivity index (χ1n) is 7.93. The summed E-state index contributed by atoms with van der Waals surface area (Å²) in [6, 6.07) is 6.77. The van der Waals surface area contributed by atoms with Crippen LogP contribution in [0.1, 0.15) is 26.7 Å². The molecule has 1 aliphatic rings. The van der Waals surface area contributed by atoms with Crippen LogP contribution in [0.15, 0.2) is 24.3 Å². The van der Waals surface area contributed by atoms with E-state index in [1.807, 2.05) is 13.8 Å². The number of halogens is 1. The van der Waals surface area contributed by atoms with Gasteiger partial charge in [-0.25, -0.2) is 0 Å². The molecule has 0 bridgehead atoms. The number of hydrogen-bond acceptors (Lipinski definition) is 3. The molecule has 1 heterocycles. The van der Waals surface area contributed by atoms with E-state index in [1.165, 1.54) is 0 Å². The fourth-order valence-corrected chi connectivity index (χ4v) is 2.91. The van der Waals surface area contributed by atoms with E-state index in [1.54, 1.807) is 29.2 Å². The Morgan fingerprint density at radius 1 is 1.52 bits per heavy atom. The van der Waals surface area contributed by atoms with E-state index in [4.69, 9.17) is 11.6 Å². The van der Waals surface area contributed by atoms with Gasteiger partial charge in [0, 0.05) is 23.7 Å². The molecule has 2 amide bonds. The van der Waals surface area contributed by atoms with Crippen molar-refractivity contribution in [3.63, 3.8) is 0 Å².